The number of rotatable bonds is 2. The van der Waals surface area contributed by atoms with Crippen LogP contribution in [0.2, 0.25) is 0 Å². The molecule has 1 heterocycles. The van der Waals surface area contributed by atoms with Crippen LogP contribution in [0.4, 0.5) is 4.79 Å². The highest BCUT2D eigenvalue weighted by atomic mass is 16.6. The van der Waals surface area contributed by atoms with Crippen LogP contribution in [0.25, 0.3) is 0 Å². The summed E-state index contributed by atoms with van der Waals surface area (Å²) in [6.45, 7) is 8.72. The van der Waals surface area contributed by atoms with Crippen LogP contribution in [-0.4, -0.2) is 37.3 Å². The average molecular weight is 263 g/mol. The predicted molar refractivity (Wildman–Crippen MR) is 73.7 cm³/mol. The van der Waals surface area contributed by atoms with E-state index in [1.165, 1.54) is 5.56 Å². The van der Waals surface area contributed by atoms with E-state index in [1.54, 1.807) is 4.90 Å². The summed E-state index contributed by atoms with van der Waals surface area (Å²) in [5.41, 5.74) is 2.44. The van der Waals surface area contributed by atoms with Gasteiger partial charge in [-0.25, -0.2) is 4.79 Å². The third-order valence-electron chi connectivity index (χ3n) is 3.34. The van der Waals surface area contributed by atoms with Crippen molar-refractivity contribution in [2.24, 2.45) is 0 Å². The molecule has 0 saturated carbocycles. The molecule has 104 valence electrons. The molecule has 1 aromatic rings. The van der Waals surface area contributed by atoms with Crippen LogP contribution in [0, 0.1) is 6.92 Å². The Labute approximate surface area is 114 Å². The SMILES string of the molecule is Cc1cc(OC(=O)N2CCOCC2)ccc1C(C)C. The molecule has 0 N–H and O–H groups in total. The van der Waals surface area contributed by atoms with E-state index in [0.717, 1.165) is 5.56 Å². The van der Waals surface area contributed by atoms with E-state index >= 15 is 0 Å². The number of morpholine rings is 1. The molecule has 0 aliphatic carbocycles. The van der Waals surface area contributed by atoms with Crippen LogP contribution in [0.15, 0.2) is 18.2 Å². The summed E-state index contributed by atoms with van der Waals surface area (Å²) in [6, 6.07) is 5.82. The fraction of sp³-hybridized carbons (Fsp3) is 0.533. The van der Waals surface area contributed by atoms with Gasteiger partial charge in [0.05, 0.1) is 13.2 Å². The molecule has 1 fully saturated rings. The lowest BCUT2D eigenvalue weighted by molar-refractivity contribution is 0.0416. The number of carbonyl (C=O) groups is 1. The van der Waals surface area contributed by atoms with Crippen molar-refractivity contribution in [3.63, 3.8) is 0 Å². The normalized spacial score (nSPS) is 15.7. The van der Waals surface area contributed by atoms with Gasteiger partial charge in [0.15, 0.2) is 0 Å². The second-order valence-electron chi connectivity index (χ2n) is 5.14. The maximum absolute atomic E-state index is 11.9. The fourth-order valence-electron chi connectivity index (χ4n) is 2.27. The summed E-state index contributed by atoms with van der Waals surface area (Å²) in [5.74, 6) is 1.09. The van der Waals surface area contributed by atoms with Crippen molar-refractivity contribution in [1.82, 2.24) is 4.90 Å². The maximum atomic E-state index is 11.9. The zero-order valence-electron chi connectivity index (χ0n) is 11.8. The molecular weight excluding hydrogens is 242 g/mol. The number of nitrogens with zero attached hydrogens (tertiary/aromatic N) is 1. The number of amides is 1. The number of benzene rings is 1. The molecule has 0 radical (unpaired) electrons. The standard InChI is InChI=1S/C15H21NO3/c1-11(2)14-5-4-13(10-12(14)3)19-15(17)16-6-8-18-9-7-16/h4-5,10-11H,6-9H2,1-3H3. The summed E-state index contributed by atoms with van der Waals surface area (Å²) in [5, 5.41) is 0. The molecular formula is C15H21NO3. The van der Waals surface area contributed by atoms with E-state index in [4.69, 9.17) is 9.47 Å². The molecule has 19 heavy (non-hydrogen) atoms. The Balaban J connectivity index is 2.02. The second-order valence-corrected chi connectivity index (χ2v) is 5.14. The Hall–Kier alpha value is -1.55. The average Bonchev–Trinajstić information content (AvgIpc) is 2.39. The number of ether oxygens (including phenoxy) is 2. The maximum Gasteiger partial charge on any atom is 0.415 e. The first-order chi connectivity index (χ1) is 9.08. The molecule has 1 aliphatic heterocycles. The summed E-state index contributed by atoms with van der Waals surface area (Å²) < 4.78 is 10.6. The molecule has 0 atom stereocenters. The smallest absolute Gasteiger partial charge is 0.410 e. The predicted octanol–water partition coefficient (Wildman–Crippen LogP) is 2.95. The first-order valence-corrected chi connectivity index (χ1v) is 6.73. The lowest BCUT2D eigenvalue weighted by Gasteiger charge is -2.26. The van der Waals surface area contributed by atoms with Crippen LogP contribution in [0.1, 0.15) is 30.9 Å². The summed E-state index contributed by atoms with van der Waals surface area (Å²) in [6.07, 6.45) is -0.292. The highest BCUT2D eigenvalue weighted by molar-refractivity contribution is 5.70. The van der Waals surface area contributed by atoms with Crippen LogP contribution in [0.5, 0.6) is 5.75 Å². The molecule has 2 rings (SSSR count). The quantitative estimate of drug-likeness (QED) is 0.823. The van der Waals surface area contributed by atoms with Crippen LogP contribution in [0.3, 0.4) is 0 Å². The van der Waals surface area contributed by atoms with Gasteiger partial charge in [0.25, 0.3) is 0 Å². The number of hydrogen-bond donors (Lipinski definition) is 0. The van der Waals surface area contributed by atoms with Gasteiger partial charge in [-0.15, -0.1) is 0 Å². The van der Waals surface area contributed by atoms with Crippen molar-refractivity contribution in [3.05, 3.63) is 29.3 Å². The number of hydrogen-bond acceptors (Lipinski definition) is 3. The molecule has 0 unspecified atom stereocenters. The van der Waals surface area contributed by atoms with E-state index in [2.05, 4.69) is 13.8 Å². The molecule has 1 aromatic carbocycles. The topological polar surface area (TPSA) is 38.8 Å². The lowest BCUT2D eigenvalue weighted by Crippen LogP contribution is -2.42. The number of aryl methyl sites for hydroxylation is 1. The third kappa shape index (κ3) is 3.47. The highest BCUT2D eigenvalue weighted by Gasteiger charge is 2.19. The fourth-order valence-corrected chi connectivity index (χ4v) is 2.27. The Morgan fingerprint density at radius 3 is 2.58 bits per heavy atom. The largest absolute Gasteiger partial charge is 0.415 e. The molecule has 4 nitrogen and oxygen atoms in total. The second kappa shape index (κ2) is 6.06. The molecule has 4 heteroatoms. The molecule has 0 spiro atoms. The van der Waals surface area contributed by atoms with Gasteiger partial charge in [0.1, 0.15) is 5.75 Å². The van der Waals surface area contributed by atoms with Crippen molar-refractivity contribution >= 4 is 6.09 Å². The van der Waals surface area contributed by atoms with Crippen molar-refractivity contribution in [2.45, 2.75) is 26.7 Å². The Bertz CT molecular complexity index is 451. The molecule has 0 bridgehead atoms. The summed E-state index contributed by atoms with van der Waals surface area (Å²) >= 11 is 0. The van der Waals surface area contributed by atoms with Gasteiger partial charge in [-0.05, 0) is 36.1 Å². The van der Waals surface area contributed by atoms with E-state index < -0.39 is 0 Å². The minimum absolute atomic E-state index is 0.292. The molecule has 1 aliphatic rings. The number of carbonyl (C=O) groups excluding carboxylic acids is 1. The van der Waals surface area contributed by atoms with Gasteiger partial charge in [-0.2, -0.15) is 0 Å². The van der Waals surface area contributed by atoms with Gasteiger partial charge in [-0.1, -0.05) is 19.9 Å². The van der Waals surface area contributed by atoms with Crippen molar-refractivity contribution < 1.29 is 14.3 Å². The van der Waals surface area contributed by atoms with Gasteiger partial charge >= 0.3 is 6.09 Å². The minimum atomic E-state index is -0.292. The van der Waals surface area contributed by atoms with E-state index in [1.807, 2.05) is 25.1 Å². The van der Waals surface area contributed by atoms with Gasteiger partial charge < -0.3 is 14.4 Å². The molecule has 0 aromatic heterocycles. The van der Waals surface area contributed by atoms with Gasteiger partial charge in [0, 0.05) is 13.1 Å². The van der Waals surface area contributed by atoms with Crippen LogP contribution in [-0.2, 0) is 4.74 Å². The van der Waals surface area contributed by atoms with Crippen molar-refractivity contribution in [1.29, 1.82) is 0 Å². The molecule has 1 saturated heterocycles. The Morgan fingerprint density at radius 1 is 1.32 bits per heavy atom. The molecule has 1 amide bonds. The first kappa shape index (κ1) is 13.9. The van der Waals surface area contributed by atoms with Crippen LogP contribution >= 0.6 is 0 Å². The lowest BCUT2D eigenvalue weighted by atomic mass is 9.98. The third-order valence-corrected chi connectivity index (χ3v) is 3.34. The first-order valence-electron chi connectivity index (χ1n) is 6.73. The van der Waals surface area contributed by atoms with E-state index in [9.17, 15) is 4.79 Å². The van der Waals surface area contributed by atoms with Crippen molar-refractivity contribution in [2.75, 3.05) is 26.3 Å². The van der Waals surface area contributed by atoms with Crippen molar-refractivity contribution in [3.8, 4) is 5.75 Å². The van der Waals surface area contributed by atoms with E-state index in [-0.39, 0.29) is 6.09 Å². The minimum Gasteiger partial charge on any atom is -0.410 e. The Kier molecular flexibility index (Phi) is 4.43. The summed E-state index contributed by atoms with van der Waals surface area (Å²) in [7, 11) is 0. The van der Waals surface area contributed by atoms with Gasteiger partial charge in [0.2, 0.25) is 0 Å². The highest BCUT2D eigenvalue weighted by Crippen LogP contribution is 2.23. The zero-order valence-corrected chi connectivity index (χ0v) is 11.8. The summed E-state index contributed by atoms with van der Waals surface area (Å²) in [4.78, 5) is 13.6. The monoisotopic (exact) mass is 263 g/mol. The van der Waals surface area contributed by atoms with Gasteiger partial charge in [-0.3, -0.25) is 0 Å². The Morgan fingerprint density at radius 2 is 2.00 bits per heavy atom. The zero-order chi connectivity index (χ0) is 13.8. The van der Waals surface area contributed by atoms with E-state index in [0.29, 0.717) is 38.0 Å². The van der Waals surface area contributed by atoms with Crippen LogP contribution < -0.4 is 4.74 Å².